The molecule has 3 nitrogen and oxygen atoms in total. The van der Waals surface area contributed by atoms with E-state index in [0.717, 1.165) is 22.6 Å². The summed E-state index contributed by atoms with van der Waals surface area (Å²) in [5.74, 6) is 2.15. The van der Waals surface area contributed by atoms with E-state index in [0.29, 0.717) is 5.76 Å². The minimum Gasteiger partial charge on any atom is -0.497 e. The predicted molar refractivity (Wildman–Crippen MR) is 65.2 cm³/mol. The lowest BCUT2D eigenvalue weighted by Crippen LogP contribution is -2.01. The van der Waals surface area contributed by atoms with Crippen molar-refractivity contribution in [3.8, 4) is 5.75 Å². The molecule has 1 aromatic heterocycles. The van der Waals surface area contributed by atoms with Crippen molar-refractivity contribution in [2.45, 2.75) is 20.0 Å². The summed E-state index contributed by atoms with van der Waals surface area (Å²) in [4.78, 5) is 0. The van der Waals surface area contributed by atoms with Crippen LogP contribution >= 0.6 is 0 Å². The highest BCUT2D eigenvalue weighted by atomic mass is 16.5. The Hall–Kier alpha value is -1.74. The van der Waals surface area contributed by atoms with Gasteiger partial charge in [-0.1, -0.05) is 6.07 Å². The molecule has 0 aliphatic rings. The zero-order chi connectivity index (χ0) is 12.4. The number of aliphatic hydroxyl groups excluding tert-OH is 1. The van der Waals surface area contributed by atoms with Gasteiger partial charge in [0, 0.05) is 0 Å². The molecule has 1 atom stereocenters. The average Bonchev–Trinajstić information content (AvgIpc) is 2.75. The highest BCUT2D eigenvalue weighted by Crippen LogP contribution is 2.28. The van der Waals surface area contributed by atoms with Gasteiger partial charge in [-0.25, -0.2) is 0 Å². The molecule has 17 heavy (non-hydrogen) atoms. The van der Waals surface area contributed by atoms with Gasteiger partial charge < -0.3 is 14.3 Å². The Morgan fingerprint density at radius 2 is 1.94 bits per heavy atom. The molecule has 0 aliphatic carbocycles. The lowest BCUT2D eigenvalue weighted by Gasteiger charge is -2.12. The molecule has 0 amide bonds. The van der Waals surface area contributed by atoms with Crippen molar-refractivity contribution in [2.24, 2.45) is 0 Å². The molecule has 0 aliphatic heterocycles. The zero-order valence-electron chi connectivity index (χ0n) is 10.2. The maximum atomic E-state index is 10.2. The Bertz CT molecular complexity index is 514. The lowest BCUT2D eigenvalue weighted by molar-refractivity contribution is 0.187. The van der Waals surface area contributed by atoms with Gasteiger partial charge in [-0.2, -0.15) is 0 Å². The van der Waals surface area contributed by atoms with E-state index in [4.69, 9.17) is 9.15 Å². The molecule has 3 heteroatoms. The Kier molecular flexibility index (Phi) is 3.20. The van der Waals surface area contributed by atoms with Crippen molar-refractivity contribution in [1.29, 1.82) is 0 Å². The van der Waals surface area contributed by atoms with E-state index in [2.05, 4.69) is 0 Å². The van der Waals surface area contributed by atoms with Crippen LogP contribution in [0.5, 0.6) is 5.75 Å². The first kappa shape index (κ1) is 11.7. The zero-order valence-corrected chi connectivity index (χ0v) is 10.2. The van der Waals surface area contributed by atoms with Crippen LogP contribution in [0.2, 0.25) is 0 Å². The molecule has 0 fully saturated rings. The standard InChI is InChI=1S/C14H16O3/c1-9-8-11(16-3)5-6-12(9)14(15)13-7-4-10(2)17-13/h4-8,14-15H,1-3H3/t14-/m0/s1. The van der Waals surface area contributed by atoms with E-state index in [-0.39, 0.29) is 0 Å². The van der Waals surface area contributed by atoms with Crippen LogP contribution in [0.4, 0.5) is 0 Å². The first-order valence-corrected chi connectivity index (χ1v) is 5.50. The second kappa shape index (κ2) is 4.63. The Labute approximate surface area is 101 Å². The second-order valence-corrected chi connectivity index (χ2v) is 4.07. The summed E-state index contributed by atoms with van der Waals surface area (Å²) in [6.07, 6.45) is -0.727. The van der Waals surface area contributed by atoms with Crippen LogP contribution in [0, 0.1) is 13.8 Å². The maximum Gasteiger partial charge on any atom is 0.137 e. The molecular formula is C14H16O3. The minimum absolute atomic E-state index is 0.566. The van der Waals surface area contributed by atoms with E-state index in [1.54, 1.807) is 13.2 Å². The molecule has 1 aromatic carbocycles. The van der Waals surface area contributed by atoms with Gasteiger partial charge in [0.1, 0.15) is 23.4 Å². The molecular weight excluding hydrogens is 216 g/mol. The molecule has 0 saturated carbocycles. The number of hydrogen-bond acceptors (Lipinski definition) is 3. The third-order valence-electron chi connectivity index (χ3n) is 2.80. The molecule has 1 heterocycles. The fraction of sp³-hybridized carbons (Fsp3) is 0.286. The fourth-order valence-corrected chi connectivity index (χ4v) is 1.84. The van der Waals surface area contributed by atoms with E-state index < -0.39 is 6.10 Å². The summed E-state index contributed by atoms with van der Waals surface area (Å²) in [6.45, 7) is 3.80. The van der Waals surface area contributed by atoms with Gasteiger partial charge >= 0.3 is 0 Å². The van der Waals surface area contributed by atoms with Gasteiger partial charge in [0.05, 0.1) is 7.11 Å². The third kappa shape index (κ3) is 2.34. The van der Waals surface area contributed by atoms with Crippen LogP contribution in [0.15, 0.2) is 34.7 Å². The normalized spacial score (nSPS) is 12.5. The number of benzene rings is 1. The van der Waals surface area contributed by atoms with Gasteiger partial charge in [0.25, 0.3) is 0 Å². The van der Waals surface area contributed by atoms with Gasteiger partial charge in [0.2, 0.25) is 0 Å². The molecule has 2 rings (SSSR count). The van der Waals surface area contributed by atoms with Crippen LogP contribution in [-0.2, 0) is 0 Å². The van der Waals surface area contributed by atoms with E-state index in [1.807, 2.05) is 38.1 Å². The summed E-state index contributed by atoms with van der Waals surface area (Å²) in [7, 11) is 1.63. The minimum atomic E-state index is -0.727. The molecule has 2 aromatic rings. The first-order chi connectivity index (χ1) is 8.11. The van der Waals surface area contributed by atoms with Crippen molar-refractivity contribution in [2.75, 3.05) is 7.11 Å². The monoisotopic (exact) mass is 232 g/mol. The van der Waals surface area contributed by atoms with Gasteiger partial charge in [-0.05, 0) is 49.2 Å². The average molecular weight is 232 g/mol. The maximum absolute atomic E-state index is 10.2. The lowest BCUT2D eigenvalue weighted by atomic mass is 10.0. The largest absolute Gasteiger partial charge is 0.497 e. The molecule has 90 valence electrons. The number of aryl methyl sites for hydroxylation is 2. The van der Waals surface area contributed by atoms with Crippen molar-refractivity contribution in [3.63, 3.8) is 0 Å². The summed E-state index contributed by atoms with van der Waals surface area (Å²) in [6, 6.07) is 9.23. The summed E-state index contributed by atoms with van der Waals surface area (Å²) < 4.78 is 10.6. The van der Waals surface area contributed by atoms with Crippen LogP contribution < -0.4 is 4.74 Å². The summed E-state index contributed by atoms with van der Waals surface area (Å²) >= 11 is 0. The topological polar surface area (TPSA) is 42.6 Å². The SMILES string of the molecule is COc1ccc([C@H](O)c2ccc(C)o2)c(C)c1. The van der Waals surface area contributed by atoms with Gasteiger partial charge in [-0.15, -0.1) is 0 Å². The Morgan fingerprint density at radius 3 is 2.47 bits per heavy atom. The quantitative estimate of drug-likeness (QED) is 0.884. The van der Waals surface area contributed by atoms with Crippen molar-refractivity contribution >= 4 is 0 Å². The van der Waals surface area contributed by atoms with Crippen LogP contribution in [0.25, 0.3) is 0 Å². The molecule has 0 spiro atoms. The number of rotatable bonds is 3. The number of hydrogen-bond donors (Lipinski definition) is 1. The second-order valence-electron chi connectivity index (χ2n) is 4.07. The van der Waals surface area contributed by atoms with E-state index >= 15 is 0 Å². The Morgan fingerprint density at radius 1 is 1.18 bits per heavy atom. The van der Waals surface area contributed by atoms with Gasteiger partial charge in [0.15, 0.2) is 0 Å². The van der Waals surface area contributed by atoms with Crippen molar-refractivity contribution < 1.29 is 14.3 Å². The number of aliphatic hydroxyl groups is 1. The molecule has 0 unspecified atom stereocenters. The smallest absolute Gasteiger partial charge is 0.137 e. The highest BCUT2D eigenvalue weighted by molar-refractivity contribution is 5.38. The molecule has 0 saturated heterocycles. The van der Waals surface area contributed by atoms with E-state index in [9.17, 15) is 5.11 Å². The van der Waals surface area contributed by atoms with Gasteiger partial charge in [-0.3, -0.25) is 0 Å². The fourth-order valence-electron chi connectivity index (χ4n) is 1.84. The van der Waals surface area contributed by atoms with Crippen molar-refractivity contribution in [3.05, 3.63) is 53.0 Å². The third-order valence-corrected chi connectivity index (χ3v) is 2.80. The summed E-state index contributed by atoms with van der Waals surface area (Å²) in [5, 5.41) is 10.2. The Balaban J connectivity index is 2.34. The number of furan rings is 1. The predicted octanol–water partition coefficient (Wildman–Crippen LogP) is 2.99. The molecule has 1 N–H and O–H groups in total. The van der Waals surface area contributed by atoms with Crippen molar-refractivity contribution in [1.82, 2.24) is 0 Å². The van der Waals surface area contributed by atoms with Crippen LogP contribution in [0.1, 0.15) is 28.8 Å². The number of ether oxygens (including phenoxy) is 1. The first-order valence-electron chi connectivity index (χ1n) is 5.50. The number of methoxy groups -OCH3 is 1. The van der Waals surface area contributed by atoms with Crippen LogP contribution in [-0.4, -0.2) is 12.2 Å². The highest BCUT2D eigenvalue weighted by Gasteiger charge is 2.16. The molecule has 0 radical (unpaired) electrons. The van der Waals surface area contributed by atoms with E-state index in [1.165, 1.54) is 0 Å². The molecule has 0 bridgehead atoms. The van der Waals surface area contributed by atoms with Crippen LogP contribution in [0.3, 0.4) is 0 Å². The summed E-state index contributed by atoms with van der Waals surface area (Å²) in [5.41, 5.74) is 1.81.